The van der Waals surface area contributed by atoms with E-state index in [9.17, 15) is 4.39 Å². The zero-order valence-corrected chi connectivity index (χ0v) is 15.8. The van der Waals surface area contributed by atoms with E-state index in [1.165, 1.54) is 23.3 Å². The van der Waals surface area contributed by atoms with Crippen molar-refractivity contribution in [1.29, 1.82) is 0 Å². The van der Waals surface area contributed by atoms with Crippen LogP contribution in [0.2, 0.25) is 0 Å². The topological polar surface area (TPSA) is 12.5 Å². The van der Waals surface area contributed by atoms with Crippen LogP contribution in [0.15, 0.2) is 42.5 Å². The molecule has 0 saturated heterocycles. The standard InChI is InChI=1S/C18H19FNO.Y/c1-20(2)12-11-18(15-7-9-16(19)10-8-15)17-6-4-3-5-14(17)13-21-18;/h4-10H,11-13H2,1-2H3;/q-1;. The Bertz CT molecular complexity index is 629. The fourth-order valence-corrected chi connectivity index (χ4v) is 2.95. The second-order valence-electron chi connectivity index (χ2n) is 5.76. The number of halogens is 1. The minimum absolute atomic E-state index is 0. The minimum atomic E-state index is -0.484. The van der Waals surface area contributed by atoms with E-state index < -0.39 is 5.60 Å². The first kappa shape index (κ1) is 17.7. The first-order valence-electron chi connectivity index (χ1n) is 7.16. The fourth-order valence-electron chi connectivity index (χ4n) is 2.95. The molecule has 0 amide bonds. The molecule has 4 heteroatoms. The van der Waals surface area contributed by atoms with E-state index in [4.69, 9.17) is 4.74 Å². The number of fused-ring (bicyclic) bond motifs is 1. The molecule has 1 atom stereocenters. The van der Waals surface area contributed by atoms with E-state index in [0.29, 0.717) is 6.61 Å². The largest absolute Gasteiger partial charge is 0.375 e. The van der Waals surface area contributed by atoms with Crippen LogP contribution in [-0.2, 0) is 49.7 Å². The molecule has 0 fully saturated rings. The Morgan fingerprint density at radius 1 is 1.23 bits per heavy atom. The summed E-state index contributed by atoms with van der Waals surface area (Å²) in [5.74, 6) is -0.221. The van der Waals surface area contributed by atoms with Gasteiger partial charge >= 0.3 is 0 Å². The summed E-state index contributed by atoms with van der Waals surface area (Å²) in [6, 6.07) is 15.7. The summed E-state index contributed by atoms with van der Waals surface area (Å²) in [5, 5.41) is 0. The van der Waals surface area contributed by atoms with Crippen LogP contribution in [0.1, 0.15) is 23.1 Å². The Kier molecular flexibility index (Phi) is 5.90. The zero-order valence-electron chi connectivity index (χ0n) is 13.0. The van der Waals surface area contributed by atoms with Gasteiger partial charge in [0.1, 0.15) is 5.82 Å². The van der Waals surface area contributed by atoms with Crippen molar-refractivity contribution in [2.24, 2.45) is 0 Å². The zero-order chi connectivity index (χ0) is 14.9. The second kappa shape index (κ2) is 7.31. The minimum Gasteiger partial charge on any atom is -0.375 e. The molecule has 1 radical (unpaired) electrons. The molecule has 2 aromatic carbocycles. The molecule has 1 unspecified atom stereocenters. The molecule has 113 valence electrons. The van der Waals surface area contributed by atoms with Crippen molar-refractivity contribution in [2.45, 2.75) is 18.6 Å². The first-order chi connectivity index (χ1) is 10.1. The van der Waals surface area contributed by atoms with Gasteiger partial charge < -0.3 is 9.64 Å². The summed E-state index contributed by atoms with van der Waals surface area (Å²) >= 11 is 0. The molecule has 0 saturated carbocycles. The second-order valence-corrected chi connectivity index (χ2v) is 5.76. The Morgan fingerprint density at radius 3 is 2.64 bits per heavy atom. The first-order valence-corrected chi connectivity index (χ1v) is 7.16. The molecule has 1 aliphatic rings. The molecule has 2 aromatic rings. The molecule has 1 aliphatic heterocycles. The third-order valence-corrected chi connectivity index (χ3v) is 4.08. The van der Waals surface area contributed by atoms with Crippen molar-refractivity contribution in [1.82, 2.24) is 4.90 Å². The summed E-state index contributed by atoms with van der Waals surface area (Å²) in [6.07, 6.45) is 0.836. The summed E-state index contributed by atoms with van der Waals surface area (Å²) in [4.78, 5) is 2.14. The molecule has 22 heavy (non-hydrogen) atoms. The summed E-state index contributed by atoms with van der Waals surface area (Å²) in [6.45, 7) is 1.48. The van der Waals surface area contributed by atoms with Crippen LogP contribution in [0, 0.1) is 11.9 Å². The van der Waals surface area contributed by atoms with Crippen LogP contribution < -0.4 is 0 Å². The number of rotatable bonds is 4. The van der Waals surface area contributed by atoms with Crippen LogP contribution in [0.4, 0.5) is 4.39 Å². The number of hydrogen-bond acceptors (Lipinski definition) is 2. The molecule has 0 spiro atoms. The third-order valence-electron chi connectivity index (χ3n) is 4.08. The van der Waals surface area contributed by atoms with Crippen molar-refractivity contribution in [3.63, 3.8) is 0 Å². The van der Waals surface area contributed by atoms with Crippen LogP contribution in [0.25, 0.3) is 0 Å². The van der Waals surface area contributed by atoms with E-state index in [-0.39, 0.29) is 38.5 Å². The molecule has 0 aliphatic carbocycles. The number of benzene rings is 2. The average molecular weight is 373 g/mol. The van der Waals surface area contributed by atoms with Gasteiger partial charge in [-0.1, -0.05) is 12.1 Å². The van der Waals surface area contributed by atoms with Gasteiger partial charge in [-0.15, -0.1) is 11.1 Å². The van der Waals surface area contributed by atoms with Gasteiger partial charge in [-0.25, -0.2) is 4.39 Å². The monoisotopic (exact) mass is 373 g/mol. The van der Waals surface area contributed by atoms with Crippen molar-refractivity contribution in [3.8, 4) is 0 Å². The van der Waals surface area contributed by atoms with Gasteiger partial charge in [0.15, 0.2) is 0 Å². The molecule has 0 bridgehead atoms. The van der Waals surface area contributed by atoms with Crippen LogP contribution in [0.5, 0.6) is 0 Å². The van der Waals surface area contributed by atoms with Gasteiger partial charge in [0, 0.05) is 45.9 Å². The number of hydrogen-bond donors (Lipinski definition) is 0. The molecule has 1 heterocycles. The maximum atomic E-state index is 13.3. The van der Waals surface area contributed by atoms with Gasteiger partial charge in [0.25, 0.3) is 0 Å². The summed E-state index contributed by atoms with van der Waals surface area (Å²) in [7, 11) is 4.10. The van der Waals surface area contributed by atoms with E-state index in [0.717, 1.165) is 18.5 Å². The SMILES string of the molecule is CN(C)CCC1(c2ccc(F)cc2)OCc2c[c-]ccc21.[Y]. The van der Waals surface area contributed by atoms with E-state index in [2.05, 4.69) is 17.0 Å². The van der Waals surface area contributed by atoms with E-state index >= 15 is 0 Å². The van der Waals surface area contributed by atoms with Gasteiger partial charge in [0.05, 0.1) is 5.60 Å². The van der Waals surface area contributed by atoms with Crippen molar-refractivity contribution in [2.75, 3.05) is 20.6 Å². The Morgan fingerprint density at radius 2 is 1.95 bits per heavy atom. The van der Waals surface area contributed by atoms with Crippen molar-refractivity contribution in [3.05, 3.63) is 71.0 Å². The van der Waals surface area contributed by atoms with Crippen LogP contribution in [-0.4, -0.2) is 25.5 Å². The summed E-state index contributed by atoms with van der Waals surface area (Å²) in [5.41, 5.74) is 2.87. The average Bonchev–Trinajstić information content (AvgIpc) is 2.86. The Balaban J connectivity index is 0.00000176. The van der Waals surface area contributed by atoms with Gasteiger partial charge in [-0.3, -0.25) is 0 Å². The smallest absolute Gasteiger partial charge is 0.123 e. The van der Waals surface area contributed by atoms with Gasteiger partial charge in [-0.2, -0.15) is 24.3 Å². The van der Waals surface area contributed by atoms with Gasteiger partial charge in [0.2, 0.25) is 0 Å². The number of ether oxygens (including phenoxy) is 1. The fraction of sp³-hybridized carbons (Fsp3) is 0.333. The van der Waals surface area contributed by atoms with Crippen LogP contribution in [0.3, 0.4) is 0 Å². The molecule has 0 aromatic heterocycles. The molecular formula is C18H19FNOY-. The molecule has 3 rings (SSSR count). The van der Waals surface area contributed by atoms with Crippen molar-refractivity contribution >= 4 is 0 Å². The molecular weight excluding hydrogens is 354 g/mol. The van der Waals surface area contributed by atoms with Crippen LogP contribution >= 0.6 is 0 Å². The molecule has 2 nitrogen and oxygen atoms in total. The Labute approximate surface area is 156 Å². The molecule has 0 N–H and O–H groups in total. The number of nitrogens with zero attached hydrogens (tertiary/aromatic N) is 1. The maximum absolute atomic E-state index is 13.3. The van der Waals surface area contributed by atoms with Gasteiger partial charge in [-0.05, 0) is 38.2 Å². The predicted molar refractivity (Wildman–Crippen MR) is 80.4 cm³/mol. The van der Waals surface area contributed by atoms with E-state index in [1.807, 2.05) is 38.4 Å². The normalized spacial score (nSPS) is 19.8. The third kappa shape index (κ3) is 3.33. The summed E-state index contributed by atoms with van der Waals surface area (Å²) < 4.78 is 19.5. The Hall–Kier alpha value is -0.606. The van der Waals surface area contributed by atoms with Crippen molar-refractivity contribution < 1.29 is 41.8 Å². The van der Waals surface area contributed by atoms with E-state index in [1.54, 1.807) is 0 Å². The maximum Gasteiger partial charge on any atom is 0.123 e. The quantitative estimate of drug-likeness (QED) is 0.763. The predicted octanol–water partition coefficient (Wildman–Crippen LogP) is 3.35.